The van der Waals surface area contributed by atoms with Gasteiger partial charge in [-0.1, -0.05) is 6.92 Å². The van der Waals surface area contributed by atoms with Crippen molar-refractivity contribution in [2.45, 2.75) is 32.9 Å². The summed E-state index contributed by atoms with van der Waals surface area (Å²) in [6.45, 7) is 4.90. The molecule has 0 saturated heterocycles. The molecule has 1 heterocycles. The summed E-state index contributed by atoms with van der Waals surface area (Å²) in [6, 6.07) is 1.80. The quantitative estimate of drug-likeness (QED) is 0.676. The second kappa shape index (κ2) is 3.17. The highest BCUT2D eigenvalue weighted by atomic mass is 19.1. The number of aryl methyl sites for hydroxylation is 1. The van der Waals surface area contributed by atoms with Gasteiger partial charge in [0.25, 0.3) is 0 Å². The summed E-state index contributed by atoms with van der Waals surface area (Å²) in [6.07, 6.45) is 2.41. The van der Waals surface area contributed by atoms with Gasteiger partial charge in [-0.05, 0) is 26.3 Å². The Morgan fingerprint density at radius 3 is 2.67 bits per heavy atom. The van der Waals surface area contributed by atoms with Crippen molar-refractivity contribution in [3.05, 3.63) is 23.8 Å². The van der Waals surface area contributed by atoms with Gasteiger partial charge >= 0.3 is 0 Å². The third kappa shape index (κ3) is 2.00. The molecule has 0 atom stereocenters. The molecule has 0 fully saturated rings. The van der Waals surface area contributed by atoms with Gasteiger partial charge in [-0.15, -0.1) is 0 Å². The lowest BCUT2D eigenvalue weighted by molar-refractivity contribution is 0.206. The monoisotopic (exact) mass is 168 g/mol. The van der Waals surface area contributed by atoms with Crippen molar-refractivity contribution in [3.8, 4) is 0 Å². The molecule has 0 radical (unpaired) electrons. The molecule has 0 N–H and O–H groups in total. The number of hydrogen-bond donors (Lipinski definition) is 0. The smallest absolute Gasteiger partial charge is 0.165 e. The van der Waals surface area contributed by atoms with E-state index in [1.165, 1.54) is 13.8 Å². The van der Waals surface area contributed by atoms with Crippen LogP contribution >= 0.6 is 0 Å². The topological polar surface area (TPSA) is 25.8 Å². The third-order valence-corrected chi connectivity index (χ3v) is 1.61. The molecule has 0 unspecified atom stereocenters. The summed E-state index contributed by atoms with van der Waals surface area (Å²) >= 11 is 0. The second-order valence-corrected chi connectivity index (χ2v) is 3.20. The Morgan fingerprint density at radius 1 is 1.50 bits per heavy atom. The molecule has 0 aromatic carbocycles. The van der Waals surface area contributed by atoms with Gasteiger partial charge in [0.1, 0.15) is 0 Å². The van der Waals surface area contributed by atoms with Crippen LogP contribution in [0.3, 0.4) is 0 Å². The zero-order chi connectivity index (χ0) is 9.19. The first-order valence-electron chi connectivity index (χ1n) is 4.05. The largest absolute Gasteiger partial charge is 0.238 e. The van der Waals surface area contributed by atoms with Crippen LogP contribution in [0.5, 0.6) is 0 Å². The number of rotatable bonds is 2. The van der Waals surface area contributed by atoms with E-state index in [2.05, 4.69) is 9.97 Å². The van der Waals surface area contributed by atoms with Crippen molar-refractivity contribution < 1.29 is 4.39 Å². The molecule has 1 rings (SSSR count). The second-order valence-electron chi connectivity index (χ2n) is 3.20. The lowest BCUT2D eigenvalue weighted by Crippen LogP contribution is -2.14. The fourth-order valence-corrected chi connectivity index (χ4v) is 0.879. The Balaban J connectivity index is 3.02. The highest BCUT2D eigenvalue weighted by molar-refractivity contribution is 5.06. The van der Waals surface area contributed by atoms with Crippen LogP contribution in [-0.4, -0.2) is 9.97 Å². The van der Waals surface area contributed by atoms with Crippen LogP contribution in [0.2, 0.25) is 0 Å². The normalized spacial score (nSPS) is 11.7. The Morgan fingerprint density at radius 2 is 2.17 bits per heavy atom. The molecule has 0 aliphatic heterocycles. The predicted octanol–water partition coefficient (Wildman–Crippen LogP) is 2.24. The molecule has 0 aliphatic rings. The maximum absolute atomic E-state index is 13.3. The van der Waals surface area contributed by atoms with E-state index in [0.717, 1.165) is 12.1 Å². The average molecular weight is 168 g/mol. The van der Waals surface area contributed by atoms with E-state index in [-0.39, 0.29) is 5.82 Å². The fraction of sp³-hybridized carbons (Fsp3) is 0.556. The molecule has 1 aromatic heterocycles. The minimum atomic E-state index is -1.44. The zero-order valence-corrected chi connectivity index (χ0v) is 7.63. The van der Waals surface area contributed by atoms with E-state index in [1.807, 2.05) is 6.92 Å². The van der Waals surface area contributed by atoms with Gasteiger partial charge in [-0.3, -0.25) is 0 Å². The third-order valence-electron chi connectivity index (χ3n) is 1.61. The first-order valence-corrected chi connectivity index (χ1v) is 4.05. The fourth-order valence-electron chi connectivity index (χ4n) is 0.879. The standard InChI is InChI=1S/C9H13FN2/c1-4-7-5-6-11-8(12-7)9(2,3)10/h5-6H,4H2,1-3H3. The van der Waals surface area contributed by atoms with Gasteiger partial charge in [0.15, 0.2) is 11.5 Å². The van der Waals surface area contributed by atoms with E-state index >= 15 is 0 Å². The minimum Gasteiger partial charge on any atom is -0.238 e. The lowest BCUT2D eigenvalue weighted by atomic mass is 10.1. The Bertz CT molecular complexity index is 265. The Hall–Kier alpha value is -0.990. The number of halogens is 1. The van der Waals surface area contributed by atoms with Gasteiger partial charge in [0, 0.05) is 11.9 Å². The first-order chi connectivity index (χ1) is 5.54. The van der Waals surface area contributed by atoms with Crippen molar-refractivity contribution >= 4 is 0 Å². The molecule has 0 spiro atoms. The maximum Gasteiger partial charge on any atom is 0.165 e. The van der Waals surface area contributed by atoms with Crippen molar-refractivity contribution in [1.82, 2.24) is 9.97 Å². The van der Waals surface area contributed by atoms with Gasteiger partial charge in [-0.2, -0.15) is 0 Å². The van der Waals surface area contributed by atoms with Crippen LogP contribution in [0.1, 0.15) is 32.3 Å². The molecule has 0 amide bonds. The number of hydrogen-bond acceptors (Lipinski definition) is 2. The molecular weight excluding hydrogens is 155 g/mol. The Labute approximate surface area is 71.9 Å². The van der Waals surface area contributed by atoms with Crippen LogP contribution in [0.15, 0.2) is 12.3 Å². The number of nitrogens with zero attached hydrogens (tertiary/aromatic N) is 2. The molecule has 2 nitrogen and oxygen atoms in total. The number of alkyl halides is 1. The van der Waals surface area contributed by atoms with E-state index < -0.39 is 5.67 Å². The summed E-state index contributed by atoms with van der Waals surface area (Å²) in [4.78, 5) is 7.95. The average Bonchev–Trinajstić information content (AvgIpc) is 2.03. The van der Waals surface area contributed by atoms with Crippen LogP contribution < -0.4 is 0 Å². The van der Waals surface area contributed by atoms with Crippen molar-refractivity contribution in [1.29, 1.82) is 0 Å². The molecule has 3 heteroatoms. The molecule has 12 heavy (non-hydrogen) atoms. The highest BCUT2D eigenvalue weighted by Gasteiger charge is 2.22. The SMILES string of the molecule is CCc1ccnc(C(C)(C)F)n1. The van der Waals surface area contributed by atoms with Crippen molar-refractivity contribution in [3.63, 3.8) is 0 Å². The van der Waals surface area contributed by atoms with Gasteiger partial charge < -0.3 is 0 Å². The minimum absolute atomic E-state index is 0.266. The first kappa shape index (κ1) is 9.10. The van der Waals surface area contributed by atoms with Gasteiger partial charge in [-0.25, -0.2) is 14.4 Å². The van der Waals surface area contributed by atoms with E-state index in [9.17, 15) is 4.39 Å². The summed E-state index contributed by atoms with van der Waals surface area (Å²) < 4.78 is 13.3. The summed E-state index contributed by atoms with van der Waals surface area (Å²) in [7, 11) is 0. The van der Waals surface area contributed by atoms with Crippen molar-refractivity contribution in [2.24, 2.45) is 0 Å². The van der Waals surface area contributed by atoms with E-state index in [1.54, 1.807) is 12.3 Å². The molecular formula is C9H13FN2. The van der Waals surface area contributed by atoms with Gasteiger partial charge in [0.05, 0.1) is 0 Å². The van der Waals surface area contributed by atoms with Gasteiger partial charge in [0.2, 0.25) is 0 Å². The molecule has 66 valence electrons. The van der Waals surface area contributed by atoms with Crippen LogP contribution in [0.4, 0.5) is 4.39 Å². The number of aromatic nitrogens is 2. The Kier molecular flexibility index (Phi) is 2.40. The van der Waals surface area contributed by atoms with Crippen LogP contribution in [0, 0.1) is 0 Å². The van der Waals surface area contributed by atoms with Crippen LogP contribution in [0.25, 0.3) is 0 Å². The molecule has 1 aromatic rings. The highest BCUT2D eigenvalue weighted by Crippen LogP contribution is 2.20. The molecule has 0 saturated carbocycles. The van der Waals surface area contributed by atoms with Crippen molar-refractivity contribution in [2.75, 3.05) is 0 Å². The van der Waals surface area contributed by atoms with E-state index in [0.29, 0.717) is 0 Å². The zero-order valence-electron chi connectivity index (χ0n) is 7.63. The van der Waals surface area contributed by atoms with Crippen LogP contribution in [-0.2, 0) is 12.1 Å². The molecule has 0 aliphatic carbocycles. The predicted molar refractivity (Wildman–Crippen MR) is 45.5 cm³/mol. The summed E-state index contributed by atoms with van der Waals surface area (Å²) in [5, 5.41) is 0. The van der Waals surface area contributed by atoms with E-state index in [4.69, 9.17) is 0 Å². The maximum atomic E-state index is 13.3. The lowest BCUT2D eigenvalue weighted by Gasteiger charge is -2.12. The molecule has 0 bridgehead atoms. The summed E-state index contributed by atoms with van der Waals surface area (Å²) in [5.41, 5.74) is -0.559. The summed E-state index contributed by atoms with van der Waals surface area (Å²) in [5.74, 6) is 0.266.